The Labute approximate surface area is 123 Å². The molecule has 20 heavy (non-hydrogen) atoms. The van der Waals surface area contributed by atoms with Crippen molar-refractivity contribution in [1.82, 2.24) is 5.32 Å². The molecule has 2 rings (SSSR count). The largest absolute Gasteiger partial charge is 0.395 e. The SMILES string of the molecule is O=C(NCC1CCCCO1)c1sccc1C#CCCO. The summed E-state index contributed by atoms with van der Waals surface area (Å²) in [5, 5.41) is 13.5. The second kappa shape index (κ2) is 8.05. The second-order valence-electron chi connectivity index (χ2n) is 4.64. The van der Waals surface area contributed by atoms with Crippen molar-refractivity contribution in [2.24, 2.45) is 0 Å². The van der Waals surface area contributed by atoms with E-state index in [9.17, 15) is 4.79 Å². The number of hydrogen-bond acceptors (Lipinski definition) is 4. The number of rotatable bonds is 4. The van der Waals surface area contributed by atoms with Crippen molar-refractivity contribution in [3.63, 3.8) is 0 Å². The van der Waals surface area contributed by atoms with Crippen LogP contribution < -0.4 is 5.32 Å². The van der Waals surface area contributed by atoms with Gasteiger partial charge in [0.25, 0.3) is 5.91 Å². The van der Waals surface area contributed by atoms with Gasteiger partial charge in [0.15, 0.2) is 0 Å². The van der Waals surface area contributed by atoms with Crippen molar-refractivity contribution < 1.29 is 14.6 Å². The Bertz CT molecular complexity index is 495. The number of carbonyl (C=O) groups excluding carboxylic acids is 1. The molecule has 1 aliphatic heterocycles. The summed E-state index contributed by atoms with van der Waals surface area (Å²) in [6, 6.07) is 1.83. The molecule has 1 saturated heterocycles. The van der Waals surface area contributed by atoms with Crippen molar-refractivity contribution in [2.45, 2.75) is 31.8 Å². The van der Waals surface area contributed by atoms with Crippen LogP contribution in [0.2, 0.25) is 0 Å². The summed E-state index contributed by atoms with van der Waals surface area (Å²) in [6.45, 7) is 1.38. The quantitative estimate of drug-likeness (QED) is 0.832. The van der Waals surface area contributed by atoms with Crippen LogP contribution in [0.3, 0.4) is 0 Å². The Hall–Kier alpha value is -1.35. The first-order valence-electron chi connectivity index (χ1n) is 6.88. The van der Waals surface area contributed by atoms with Crippen LogP contribution in [0.1, 0.15) is 40.9 Å². The molecule has 2 heterocycles. The molecule has 0 aromatic carbocycles. The third-order valence-electron chi connectivity index (χ3n) is 3.10. The lowest BCUT2D eigenvalue weighted by atomic mass is 10.1. The Morgan fingerprint density at radius 3 is 3.20 bits per heavy atom. The van der Waals surface area contributed by atoms with Crippen LogP contribution in [0.5, 0.6) is 0 Å². The number of thiophene rings is 1. The molecule has 0 bridgehead atoms. The van der Waals surface area contributed by atoms with E-state index in [1.165, 1.54) is 11.3 Å². The van der Waals surface area contributed by atoms with Crippen LogP contribution in [0.4, 0.5) is 0 Å². The first-order chi connectivity index (χ1) is 9.81. The third kappa shape index (κ3) is 4.34. The zero-order valence-corrected chi connectivity index (χ0v) is 12.2. The number of nitrogens with one attached hydrogen (secondary N) is 1. The number of ether oxygens (including phenoxy) is 1. The van der Waals surface area contributed by atoms with E-state index in [4.69, 9.17) is 9.84 Å². The van der Waals surface area contributed by atoms with Crippen molar-refractivity contribution in [2.75, 3.05) is 19.8 Å². The molecule has 1 amide bonds. The molecule has 1 aromatic heterocycles. The molecule has 0 radical (unpaired) electrons. The Morgan fingerprint density at radius 2 is 2.45 bits per heavy atom. The van der Waals surface area contributed by atoms with E-state index in [2.05, 4.69) is 17.2 Å². The average Bonchev–Trinajstić information content (AvgIpc) is 2.95. The highest BCUT2D eigenvalue weighted by Crippen LogP contribution is 2.16. The number of carbonyl (C=O) groups is 1. The molecule has 0 saturated carbocycles. The molecule has 4 nitrogen and oxygen atoms in total. The minimum Gasteiger partial charge on any atom is -0.395 e. The Kier molecular flexibility index (Phi) is 6.06. The molecular formula is C15H19NO3S. The highest BCUT2D eigenvalue weighted by Gasteiger charge is 2.17. The summed E-state index contributed by atoms with van der Waals surface area (Å²) in [5.74, 6) is 5.67. The van der Waals surface area contributed by atoms with Gasteiger partial charge in [-0.3, -0.25) is 4.79 Å². The summed E-state index contributed by atoms with van der Waals surface area (Å²) in [7, 11) is 0. The lowest BCUT2D eigenvalue weighted by molar-refractivity contribution is 0.0169. The first-order valence-corrected chi connectivity index (χ1v) is 7.76. The summed E-state index contributed by atoms with van der Waals surface area (Å²) in [6.07, 6.45) is 3.84. The van der Waals surface area contributed by atoms with Crippen LogP contribution in [0.15, 0.2) is 11.4 Å². The molecular weight excluding hydrogens is 274 g/mol. The van der Waals surface area contributed by atoms with E-state index in [0.717, 1.165) is 31.4 Å². The normalized spacial score (nSPS) is 18.1. The first kappa shape index (κ1) is 15.0. The molecule has 108 valence electrons. The molecule has 1 aromatic rings. The molecule has 5 heteroatoms. The fraction of sp³-hybridized carbons (Fsp3) is 0.533. The zero-order valence-electron chi connectivity index (χ0n) is 11.4. The van der Waals surface area contributed by atoms with Gasteiger partial charge in [-0.2, -0.15) is 0 Å². The van der Waals surface area contributed by atoms with Crippen molar-refractivity contribution in [1.29, 1.82) is 0 Å². The van der Waals surface area contributed by atoms with E-state index in [0.29, 0.717) is 17.8 Å². The monoisotopic (exact) mass is 293 g/mol. The van der Waals surface area contributed by atoms with E-state index >= 15 is 0 Å². The molecule has 1 fully saturated rings. The van der Waals surface area contributed by atoms with Crippen LogP contribution in [-0.4, -0.2) is 36.9 Å². The average molecular weight is 293 g/mol. The molecule has 0 aliphatic carbocycles. The van der Waals surface area contributed by atoms with E-state index < -0.39 is 0 Å². The maximum atomic E-state index is 12.1. The van der Waals surface area contributed by atoms with Gasteiger partial charge in [-0.05, 0) is 30.7 Å². The second-order valence-corrected chi connectivity index (χ2v) is 5.55. The van der Waals surface area contributed by atoms with E-state index in [-0.39, 0.29) is 18.6 Å². The lowest BCUT2D eigenvalue weighted by Crippen LogP contribution is -2.35. The molecule has 2 N–H and O–H groups in total. The highest BCUT2D eigenvalue weighted by atomic mass is 32.1. The fourth-order valence-electron chi connectivity index (χ4n) is 2.05. The van der Waals surface area contributed by atoms with Crippen LogP contribution in [0.25, 0.3) is 0 Å². The van der Waals surface area contributed by atoms with E-state index in [1.54, 1.807) is 0 Å². The zero-order chi connectivity index (χ0) is 14.2. The van der Waals surface area contributed by atoms with Crippen LogP contribution in [-0.2, 0) is 4.74 Å². The van der Waals surface area contributed by atoms with Gasteiger partial charge in [-0.1, -0.05) is 11.8 Å². The highest BCUT2D eigenvalue weighted by molar-refractivity contribution is 7.12. The van der Waals surface area contributed by atoms with Crippen molar-refractivity contribution >= 4 is 17.2 Å². The fourth-order valence-corrected chi connectivity index (χ4v) is 2.82. The summed E-state index contributed by atoms with van der Waals surface area (Å²) in [4.78, 5) is 12.8. The van der Waals surface area contributed by atoms with Gasteiger partial charge in [0.2, 0.25) is 0 Å². The summed E-state index contributed by atoms with van der Waals surface area (Å²) >= 11 is 1.38. The molecule has 1 unspecified atom stereocenters. The molecule has 1 aliphatic rings. The topological polar surface area (TPSA) is 58.6 Å². The van der Waals surface area contributed by atoms with Crippen molar-refractivity contribution in [3.05, 3.63) is 21.9 Å². The summed E-state index contributed by atoms with van der Waals surface area (Å²) in [5.41, 5.74) is 0.727. The minimum absolute atomic E-state index is 0.0394. The van der Waals surface area contributed by atoms with Crippen LogP contribution in [0, 0.1) is 11.8 Å². The van der Waals surface area contributed by atoms with Gasteiger partial charge >= 0.3 is 0 Å². The van der Waals surface area contributed by atoms with Gasteiger partial charge < -0.3 is 15.2 Å². The van der Waals surface area contributed by atoms with Gasteiger partial charge in [0.1, 0.15) is 4.88 Å². The van der Waals surface area contributed by atoms with E-state index in [1.807, 2.05) is 11.4 Å². The van der Waals surface area contributed by atoms with Gasteiger partial charge in [0.05, 0.1) is 12.7 Å². The van der Waals surface area contributed by atoms with Crippen LogP contribution >= 0.6 is 11.3 Å². The lowest BCUT2D eigenvalue weighted by Gasteiger charge is -2.22. The standard InChI is InChI=1S/C15H19NO3S/c17-8-3-1-5-12-7-10-20-14(12)15(18)16-11-13-6-2-4-9-19-13/h7,10,13,17H,2-4,6,8-9,11H2,(H,16,18). The third-order valence-corrected chi connectivity index (χ3v) is 4.01. The minimum atomic E-state index is -0.0949. The van der Waals surface area contributed by atoms with Gasteiger partial charge in [-0.15, -0.1) is 11.3 Å². The maximum Gasteiger partial charge on any atom is 0.262 e. The Morgan fingerprint density at radius 1 is 1.55 bits per heavy atom. The maximum absolute atomic E-state index is 12.1. The van der Waals surface area contributed by atoms with Crippen molar-refractivity contribution in [3.8, 4) is 11.8 Å². The predicted octanol–water partition coefficient (Wildman–Crippen LogP) is 1.78. The number of amides is 1. The smallest absolute Gasteiger partial charge is 0.262 e. The summed E-state index contributed by atoms with van der Waals surface area (Å²) < 4.78 is 5.59. The number of aliphatic hydroxyl groups excluding tert-OH is 1. The number of aliphatic hydroxyl groups is 1. The number of hydrogen-bond donors (Lipinski definition) is 2. The Balaban J connectivity index is 1.89. The molecule has 0 spiro atoms. The van der Waals surface area contributed by atoms with Gasteiger partial charge in [0, 0.05) is 25.1 Å². The predicted molar refractivity (Wildman–Crippen MR) is 78.8 cm³/mol. The molecule has 1 atom stereocenters. The van der Waals surface area contributed by atoms with Gasteiger partial charge in [-0.25, -0.2) is 0 Å².